The first-order valence-corrected chi connectivity index (χ1v) is 10.5. The molecule has 0 aromatic carbocycles. The zero-order chi connectivity index (χ0) is 16.7. The summed E-state index contributed by atoms with van der Waals surface area (Å²) < 4.78 is 30.0. The van der Waals surface area contributed by atoms with Crippen molar-refractivity contribution in [1.29, 1.82) is 0 Å². The summed E-state index contributed by atoms with van der Waals surface area (Å²) in [4.78, 5) is 8.60. The molecule has 124 valence electrons. The van der Waals surface area contributed by atoms with Gasteiger partial charge in [0.05, 0.1) is 11.9 Å². The van der Waals surface area contributed by atoms with Gasteiger partial charge in [-0.3, -0.25) is 9.71 Å². The van der Waals surface area contributed by atoms with Gasteiger partial charge in [-0.2, -0.15) is 9.61 Å². The molecule has 3 aromatic heterocycles. The fraction of sp³-hybridized carbons (Fsp3) is 0.267. The van der Waals surface area contributed by atoms with Crippen molar-refractivity contribution in [2.24, 2.45) is 0 Å². The van der Waals surface area contributed by atoms with Gasteiger partial charge < -0.3 is 0 Å². The van der Waals surface area contributed by atoms with Gasteiger partial charge in [0.1, 0.15) is 10.7 Å². The number of aromatic nitrogens is 4. The second-order valence-electron chi connectivity index (χ2n) is 5.67. The zero-order valence-electron chi connectivity index (χ0n) is 12.6. The minimum absolute atomic E-state index is 0.112. The number of alkyl halides is 1. The molecule has 0 amide bonds. The lowest BCUT2D eigenvalue weighted by Crippen LogP contribution is -2.16. The normalized spacial score (nSPS) is 14.9. The minimum atomic E-state index is -3.73. The second kappa shape index (κ2) is 5.96. The van der Waals surface area contributed by atoms with Gasteiger partial charge in [0.25, 0.3) is 10.0 Å². The fourth-order valence-corrected chi connectivity index (χ4v) is 3.94. The summed E-state index contributed by atoms with van der Waals surface area (Å²) in [6.07, 6.45) is 6.91. The van der Waals surface area contributed by atoms with Gasteiger partial charge >= 0.3 is 0 Å². The van der Waals surface area contributed by atoms with E-state index in [1.54, 1.807) is 22.8 Å². The van der Waals surface area contributed by atoms with E-state index in [-0.39, 0.29) is 4.90 Å². The van der Waals surface area contributed by atoms with Crippen LogP contribution in [0.5, 0.6) is 0 Å². The van der Waals surface area contributed by atoms with E-state index in [0.717, 1.165) is 29.7 Å². The Bertz CT molecular complexity index is 999. The van der Waals surface area contributed by atoms with Crippen LogP contribution in [0.1, 0.15) is 30.0 Å². The van der Waals surface area contributed by atoms with Crippen molar-refractivity contribution < 1.29 is 8.42 Å². The summed E-state index contributed by atoms with van der Waals surface area (Å²) in [5, 5.41) is 4.34. The fourth-order valence-electron chi connectivity index (χ4n) is 2.56. The molecule has 1 fully saturated rings. The average Bonchev–Trinajstić information content (AvgIpc) is 3.34. The van der Waals surface area contributed by atoms with Crippen LogP contribution in [0, 0.1) is 0 Å². The highest BCUT2D eigenvalue weighted by molar-refractivity contribution is 14.1. The lowest BCUT2D eigenvalue weighted by atomic mass is 10.2. The molecule has 0 radical (unpaired) electrons. The summed E-state index contributed by atoms with van der Waals surface area (Å²) >= 11 is 2.21. The highest BCUT2D eigenvalue weighted by Crippen LogP contribution is 2.42. The van der Waals surface area contributed by atoms with Crippen molar-refractivity contribution in [1.82, 2.24) is 19.6 Å². The number of nitrogens with zero attached hydrogens (tertiary/aromatic N) is 4. The van der Waals surface area contributed by atoms with Crippen molar-refractivity contribution >= 4 is 44.1 Å². The van der Waals surface area contributed by atoms with Gasteiger partial charge in [-0.1, -0.05) is 22.6 Å². The van der Waals surface area contributed by atoms with E-state index in [0.29, 0.717) is 16.2 Å². The maximum Gasteiger partial charge on any atom is 0.264 e. The predicted molar refractivity (Wildman–Crippen MR) is 97.7 cm³/mol. The van der Waals surface area contributed by atoms with E-state index >= 15 is 0 Å². The van der Waals surface area contributed by atoms with Crippen LogP contribution < -0.4 is 4.72 Å². The van der Waals surface area contributed by atoms with Crippen LogP contribution in [-0.4, -0.2) is 28.0 Å². The second-order valence-corrected chi connectivity index (χ2v) is 8.12. The third-order valence-corrected chi connectivity index (χ3v) is 6.01. The van der Waals surface area contributed by atoms with Crippen LogP contribution in [0.15, 0.2) is 41.7 Å². The Kier molecular flexibility index (Phi) is 3.91. The molecule has 0 atom stereocenters. The average molecular weight is 455 g/mol. The molecule has 24 heavy (non-hydrogen) atoms. The van der Waals surface area contributed by atoms with Crippen LogP contribution in [0.25, 0.3) is 5.65 Å². The summed E-state index contributed by atoms with van der Waals surface area (Å²) in [5.41, 5.74) is 2.63. The van der Waals surface area contributed by atoms with E-state index in [2.05, 4.69) is 42.4 Å². The molecule has 3 aromatic rings. The standard InChI is InChI=1S/C15H14IN5O2S/c16-7-11-6-14(20-24(22,23)12-2-1-5-17-8-12)21-15(19-11)13(9-18-21)10-3-4-10/h1-2,5-6,8-10,20H,3-4,7H2. The third-order valence-electron chi connectivity index (χ3n) is 3.89. The smallest absolute Gasteiger partial charge is 0.263 e. The van der Waals surface area contributed by atoms with Crippen LogP contribution in [0.4, 0.5) is 5.82 Å². The number of hydrogen-bond acceptors (Lipinski definition) is 5. The molecule has 3 heterocycles. The molecule has 0 bridgehead atoms. The predicted octanol–water partition coefficient (Wildman–Crippen LogP) is 2.74. The number of halogens is 1. The van der Waals surface area contributed by atoms with Gasteiger partial charge in [-0.05, 0) is 30.9 Å². The maximum absolute atomic E-state index is 12.6. The van der Waals surface area contributed by atoms with Crippen molar-refractivity contribution in [2.45, 2.75) is 28.1 Å². The SMILES string of the molecule is O=S(=O)(Nc1cc(CI)nc2c(C3CC3)cnn12)c1cccnc1. The van der Waals surface area contributed by atoms with E-state index in [1.807, 2.05) is 0 Å². The Morgan fingerprint density at radius 3 is 2.83 bits per heavy atom. The Morgan fingerprint density at radius 2 is 2.17 bits per heavy atom. The molecule has 1 aliphatic carbocycles. The Balaban J connectivity index is 1.81. The van der Waals surface area contributed by atoms with Crippen LogP contribution >= 0.6 is 22.6 Å². The van der Waals surface area contributed by atoms with E-state index in [1.165, 1.54) is 18.5 Å². The maximum atomic E-state index is 12.6. The molecule has 0 saturated heterocycles. The highest BCUT2D eigenvalue weighted by atomic mass is 127. The van der Waals surface area contributed by atoms with Crippen molar-refractivity contribution in [3.8, 4) is 0 Å². The van der Waals surface area contributed by atoms with E-state index in [9.17, 15) is 8.42 Å². The quantitative estimate of drug-likeness (QED) is 0.472. The number of rotatable bonds is 5. The van der Waals surface area contributed by atoms with E-state index < -0.39 is 10.0 Å². The van der Waals surface area contributed by atoms with Crippen LogP contribution in [0.2, 0.25) is 0 Å². The lowest BCUT2D eigenvalue weighted by molar-refractivity contribution is 0.600. The molecule has 7 nitrogen and oxygen atoms in total. The first-order chi connectivity index (χ1) is 11.6. The first-order valence-electron chi connectivity index (χ1n) is 7.45. The minimum Gasteiger partial charge on any atom is -0.263 e. The summed E-state index contributed by atoms with van der Waals surface area (Å²) in [6.45, 7) is 0. The van der Waals surface area contributed by atoms with Gasteiger partial charge in [-0.15, -0.1) is 0 Å². The van der Waals surface area contributed by atoms with E-state index in [4.69, 9.17) is 0 Å². The van der Waals surface area contributed by atoms with Crippen molar-refractivity contribution in [3.63, 3.8) is 0 Å². The van der Waals surface area contributed by atoms with Crippen molar-refractivity contribution in [2.75, 3.05) is 4.72 Å². The molecule has 9 heteroatoms. The number of sulfonamides is 1. The van der Waals surface area contributed by atoms with Gasteiger partial charge in [0.2, 0.25) is 0 Å². The molecule has 1 aliphatic rings. The molecular formula is C15H14IN5O2S. The molecule has 4 rings (SSSR count). The number of fused-ring (bicyclic) bond motifs is 1. The molecule has 1 saturated carbocycles. The molecular weight excluding hydrogens is 441 g/mol. The van der Waals surface area contributed by atoms with Crippen LogP contribution in [-0.2, 0) is 14.5 Å². The summed E-state index contributed by atoms with van der Waals surface area (Å²) in [7, 11) is -3.73. The lowest BCUT2D eigenvalue weighted by Gasteiger charge is -2.11. The molecule has 0 unspecified atom stereocenters. The van der Waals surface area contributed by atoms with Gasteiger partial charge in [-0.25, -0.2) is 13.4 Å². The number of pyridine rings is 1. The number of hydrogen-bond donors (Lipinski definition) is 1. The number of anilines is 1. The Morgan fingerprint density at radius 1 is 1.33 bits per heavy atom. The molecule has 0 spiro atoms. The Labute approximate surface area is 152 Å². The largest absolute Gasteiger partial charge is 0.264 e. The monoisotopic (exact) mass is 455 g/mol. The third kappa shape index (κ3) is 2.86. The summed E-state index contributed by atoms with van der Waals surface area (Å²) in [6, 6.07) is 4.81. The van der Waals surface area contributed by atoms with Crippen LogP contribution in [0.3, 0.4) is 0 Å². The van der Waals surface area contributed by atoms with Crippen molar-refractivity contribution in [3.05, 3.63) is 48.0 Å². The Hall–Kier alpha value is -1.75. The summed E-state index contributed by atoms with van der Waals surface area (Å²) in [5.74, 6) is 0.879. The first kappa shape index (κ1) is 15.8. The van der Waals surface area contributed by atoms with Gasteiger partial charge in [0.15, 0.2) is 5.65 Å². The van der Waals surface area contributed by atoms with Gasteiger partial charge in [0, 0.05) is 28.5 Å². The molecule has 0 aliphatic heterocycles. The number of nitrogens with one attached hydrogen (secondary N) is 1. The zero-order valence-corrected chi connectivity index (χ0v) is 15.5. The molecule has 1 N–H and O–H groups in total. The topological polar surface area (TPSA) is 89.2 Å². The highest BCUT2D eigenvalue weighted by Gasteiger charge is 2.28.